The van der Waals surface area contributed by atoms with E-state index in [1.165, 1.54) is 48.7 Å². The van der Waals surface area contributed by atoms with Gasteiger partial charge < -0.3 is 47.1 Å². The summed E-state index contributed by atoms with van der Waals surface area (Å²) in [6.07, 6.45) is 0.537. The van der Waals surface area contributed by atoms with E-state index in [0.717, 1.165) is 40.9 Å². The van der Waals surface area contributed by atoms with Gasteiger partial charge in [0.25, 0.3) is 0 Å². The Kier molecular flexibility index (Phi) is 20.8. The first-order chi connectivity index (χ1) is 41.3. The molecule has 6 aromatic rings. The minimum Gasteiger partial charge on any atom is -0.489 e. The van der Waals surface area contributed by atoms with E-state index in [-0.39, 0.29) is 77.8 Å². The molecule has 3 atom stereocenters. The van der Waals surface area contributed by atoms with Crippen LogP contribution in [-0.2, 0) is 36.8 Å². The van der Waals surface area contributed by atoms with Crippen LogP contribution in [0, 0.1) is 10.8 Å². The lowest BCUT2D eigenvalue weighted by molar-refractivity contribution is -0.275. The number of aromatic nitrogens is 2. The molecule has 4 heterocycles. The lowest BCUT2D eigenvalue weighted by Gasteiger charge is -2.32. The van der Waals surface area contributed by atoms with Crippen molar-refractivity contribution in [2.45, 2.75) is 148 Å². The fraction of sp³-hybridized carbons (Fsp3) is 0.413. The maximum atomic E-state index is 13.0. The van der Waals surface area contributed by atoms with E-state index in [4.69, 9.17) is 32.6 Å². The summed E-state index contributed by atoms with van der Waals surface area (Å²) < 4.78 is 123. The number of carbonyl (C=O) groups excluding carboxylic acids is 2. The Bertz CT molecular complexity index is 3430. The van der Waals surface area contributed by atoms with Crippen molar-refractivity contribution in [1.82, 2.24) is 15.2 Å². The predicted molar refractivity (Wildman–Crippen MR) is 318 cm³/mol. The van der Waals surface area contributed by atoms with Crippen molar-refractivity contribution in [3.63, 3.8) is 0 Å². The summed E-state index contributed by atoms with van der Waals surface area (Å²) in [7, 11) is -0.150. The van der Waals surface area contributed by atoms with Crippen molar-refractivity contribution in [2.75, 3.05) is 6.61 Å². The number of carbonyl (C=O) groups is 3. The highest BCUT2D eigenvalue weighted by atomic mass is 79.9. The molecule has 0 radical (unpaired) electrons. The lowest BCUT2D eigenvalue weighted by atomic mass is 9.65. The number of hydrogen-bond donors (Lipinski definition) is 1. The standard InChI is InChI=1S/C27H26F3NO5.C23H17Br2F3N2O6.C13H23BO2/c1-26(2)12-3-4-22(26)21-14-17(5-10-24(21)36-27(28,29)30)16-34-19-8-6-18(7-9-19)20(15-25(32)33)23-11-13-35-31-23;24-17-9-13(1-6-19(17)36-23(26,27)28)11-33-15-4-2-14(3-5-15)16(18-7-8-35-29-18)10-21(31)30-20(25)12-34-22(30)32;1-11(2)9-7-8-10(11)14-15-12(3,4)13(5,6)16-14/h4-11,13-14,20H,3,12,15-16H2,1-2H3,(H,32,33);1-9,16,20H,10-12H2;8H,7,9H2,1-6H3/t20-;16-,20+;/m00./s1. The normalized spacial score (nSPS) is 18.8. The van der Waals surface area contributed by atoms with Crippen LogP contribution in [0.2, 0.25) is 0 Å². The number of nitrogens with zero attached hydrogens (tertiary/aromatic N) is 3. The number of carboxylic acid groups (broad SMARTS) is 1. The Morgan fingerprint density at radius 1 is 0.682 bits per heavy atom. The molecule has 2 aliphatic carbocycles. The van der Waals surface area contributed by atoms with Gasteiger partial charge in [-0.25, -0.2) is 9.69 Å². The van der Waals surface area contributed by atoms with Gasteiger partial charge in [-0.2, -0.15) is 0 Å². The van der Waals surface area contributed by atoms with E-state index in [1.807, 2.05) is 19.9 Å². The molecular weight excluding hydrogens is 1290 g/mol. The molecule has 470 valence electrons. The second kappa shape index (κ2) is 27.3. The Hall–Kier alpha value is -7.09. The van der Waals surface area contributed by atoms with E-state index in [1.54, 1.807) is 72.8 Å². The number of allylic oxidation sites excluding steroid dienone is 4. The molecule has 0 spiro atoms. The van der Waals surface area contributed by atoms with Crippen LogP contribution in [0.25, 0.3) is 5.57 Å². The SMILES string of the molecule is CC1(C)CCC=C1B1OC(C)(C)C(C)(C)O1.CC1(C)CCC=C1c1cc(COc2ccc([C@H](CC(=O)O)c3ccon3)cc2)ccc1OC(F)(F)F.O=C(C[C@@H](c1ccc(OCc2ccc(OC(F)(F)F)c(Br)c2)cc1)c1ccon1)N1C(=O)OC[C@@H]1Br. The largest absolute Gasteiger partial charge is 0.573 e. The van der Waals surface area contributed by atoms with Crippen LogP contribution in [-0.4, -0.2) is 80.9 Å². The number of imide groups is 1. The average molecular weight is 1360 g/mol. The molecule has 2 saturated heterocycles. The molecule has 2 aromatic heterocycles. The van der Waals surface area contributed by atoms with Crippen LogP contribution in [0.3, 0.4) is 0 Å². The number of rotatable bonds is 18. The number of alkyl halides is 7. The molecule has 2 fully saturated rings. The van der Waals surface area contributed by atoms with Crippen molar-refractivity contribution in [2.24, 2.45) is 10.8 Å². The number of aliphatic carboxylic acids is 1. The number of amides is 2. The monoisotopic (exact) mass is 1360 g/mol. The molecule has 0 bridgehead atoms. The number of ether oxygens (including phenoxy) is 5. The molecule has 25 heteroatoms. The molecule has 4 aliphatic rings. The quantitative estimate of drug-likeness (QED) is 0.0370. The Labute approximate surface area is 522 Å². The average Bonchev–Trinajstić information content (AvgIpc) is 1.69. The van der Waals surface area contributed by atoms with Gasteiger partial charge in [0.2, 0.25) is 5.91 Å². The van der Waals surface area contributed by atoms with Crippen LogP contribution < -0.4 is 18.9 Å². The number of halogens is 8. The number of hydrogen-bond acceptors (Lipinski definition) is 14. The topological polar surface area (TPSA) is 191 Å². The maximum Gasteiger partial charge on any atom is 0.573 e. The van der Waals surface area contributed by atoms with Gasteiger partial charge in [0.1, 0.15) is 60.3 Å². The van der Waals surface area contributed by atoms with Crippen LogP contribution in [0.1, 0.15) is 145 Å². The second-order valence-corrected chi connectivity index (χ2v) is 25.6. The molecule has 0 unspecified atom stereocenters. The summed E-state index contributed by atoms with van der Waals surface area (Å²) in [6.45, 7) is 17.3. The zero-order valence-corrected chi connectivity index (χ0v) is 52.6. The molecule has 2 aliphatic heterocycles. The van der Waals surface area contributed by atoms with E-state index in [0.29, 0.717) is 39.6 Å². The van der Waals surface area contributed by atoms with Gasteiger partial charge in [-0.1, -0.05) is 102 Å². The molecule has 10 rings (SSSR count). The van der Waals surface area contributed by atoms with Gasteiger partial charge in [0.15, 0.2) is 0 Å². The fourth-order valence-electron chi connectivity index (χ4n) is 10.4. The lowest BCUT2D eigenvalue weighted by Crippen LogP contribution is -2.41. The molecule has 1 N–H and O–H groups in total. The van der Waals surface area contributed by atoms with Gasteiger partial charge in [-0.05, 0) is 162 Å². The van der Waals surface area contributed by atoms with Gasteiger partial charge in [0.05, 0.1) is 33.5 Å². The van der Waals surface area contributed by atoms with E-state index in [2.05, 4.69) is 99.3 Å². The zero-order chi connectivity index (χ0) is 64.0. The van der Waals surface area contributed by atoms with Gasteiger partial charge >= 0.3 is 31.9 Å². The second-order valence-electron chi connectivity index (χ2n) is 23.6. The highest BCUT2D eigenvalue weighted by Crippen LogP contribution is 2.49. The van der Waals surface area contributed by atoms with Gasteiger partial charge in [-0.3, -0.25) is 9.59 Å². The van der Waals surface area contributed by atoms with E-state index < -0.39 is 47.5 Å². The Morgan fingerprint density at radius 3 is 1.60 bits per heavy atom. The smallest absolute Gasteiger partial charge is 0.489 e. The minimum atomic E-state index is -4.79. The predicted octanol–water partition coefficient (Wildman–Crippen LogP) is 16.5. The first kappa shape index (κ1) is 66.9. The summed E-state index contributed by atoms with van der Waals surface area (Å²) in [4.78, 5) is 36.5. The van der Waals surface area contributed by atoms with Crippen molar-refractivity contribution in [3.8, 4) is 23.0 Å². The first-order valence-electron chi connectivity index (χ1n) is 28.1. The molecule has 2 amide bonds. The van der Waals surface area contributed by atoms with Crippen LogP contribution in [0.5, 0.6) is 23.0 Å². The van der Waals surface area contributed by atoms with Gasteiger partial charge in [0, 0.05) is 36.0 Å². The van der Waals surface area contributed by atoms with E-state index >= 15 is 0 Å². The zero-order valence-electron chi connectivity index (χ0n) is 49.4. The summed E-state index contributed by atoms with van der Waals surface area (Å²) >= 11 is 6.32. The minimum absolute atomic E-state index is 0.0513. The highest BCUT2D eigenvalue weighted by Gasteiger charge is 2.55. The van der Waals surface area contributed by atoms with Crippen molar-refractivity contribution < 1.29 is 87.9 Å². The number of carboxylic acids is 1. The molecule has 4 aromatic carbocycles. The molecule has 16 nitrogen and oxygen atoms in total. The Balaban J connectivity index is 0.000000183. The van der Waals surface area contributed by atoms with Crippen LogP contribution in [0.4, 0.5) is 31.1 Å². The molecule has 88 heavy (non-hydrogen) atoms. The third kappa shape index (κ3) is 17.2. The first-order valence-corrected chi connectivity index (χ1v) is 29.8. The van der Waals surface area contributed by atoms with Crippen molar-refractivity contribution >= 4 is 62.5 Å². The Morgan fingerprint density at radius 2 is 1.17 bits per heavy atom. The summed E-state index contributed by atoms with van der Waals surface area (Å²) in [6, 6.07) is 25.8. The van der Waals surface area contributed by atoms with E-state index in [9.17, 15) is 45.8 Å². The maximum absolute atomic E-state index is 13.0. The highest BCUT2D eigenvalue weighted by molar-refractivity contribution is 9.10. The summed E-state index contributed by atoms with van der Waals surface area (Å²) in [5.74, 6) is -1.90. The van der Waals surface area contributed by atoms with Crippen molar-refractivity contribution in [3.05, 3.63) is 171 Å². The molecular formula is C63H66BBr2F6N3O13. The third-order valence-corrected chi connectivity index (χ3v) is 17.2. The van der Waals surface area contributed by atoms with Crippen LogP contribution in [0.15, 0.2) is 141 Å². The third-order valence-electron chi connectivity index (χ3n) is 15.9. The van der Waals surface area contributed by atoms with Crippen molar-refractivity contribution in [1.29, 1.82) is 0 Å². The number of benzene rings is 4. The fourth-order valence-corrected chi connectivity index (χ4v) is 11.4. The van der Waals surface area contributed by atoms with Gasteiger partial charge in [-0.15, -0.1) is 26.3 Å². The summed E-state index contributed by atoms with van der Waals surface area (Å²) in [5, 5.41) is 17.1. The molecule has 0 saturated carbocycles. The van der Waals surface area contributed by atoms with Crippen LogP contribution >= 0.6 is 31.9 Å². The summed E-state index contributed by atoms with van der Waals surface area (Å²) in [5.41, 5.74) is 5.89. The number of cyclic esters (lactones) is 1.